The minimum absolute atomic E-state index is 0.0535. The van der Waals surface area contributed by atoms with Crippen LogP contribution in [-0.2, 0) is 17.9 Å². The van der Waals surface area contributed by atoms with Gasteiger partial charge in [-0.2, -0.15) is 5.10 Å². The number of rotatable bonds is 4. The molecule has 0 saturated heterocycles. The number of hydrogen-bond donors (Lipinski definition) is 1. The number of nitrogens with zero attached hydrogens (tertiary/aromatic N) is 2. The molecule has 5 heteroatoms. The fraction of sp³-hybridized carbons (Fsp3) is 0.176. The molecular weight excluding hydrogens is 342 g/mol. The smallest absolute Gasteiger partial charge is 0.242 e. The van der Waals surface area contributed by atoms with Gasteiger partial charge in [-0.3, -0.25) is 9.48 Å². The van der Waals surface area contributed by atoms with E-state index in [1.807, 2.05) is 49.4 Å². The number of hydrogen-bond acceptors (Lipinski definition) is 2. The van der Waals surface area contributed by atoms with Crippen molar-refractivity contribution >= 4 is 32.7 Å². The van der Waals surface area contributed by atoms with Gasteiger partial charge in [0.15, 0.2) is 0 Å². The SMILES string of the molecule is Cc1ccc2cnn(CC(=O)NCc3ccccc3Br)c2c1. The molecule has 3 rings (SSSR count). The molecule has 0 spiro atoms. The Morgan fingerprint density at radius 3 is 2.91 bits per heavy atom. The lowest BCUT2D eigenvalue weighted by Gasteiger charge is -2.08. The lowest BCUT2D eigenvalue weighted by Crippen LogP contribution is -2.27. The summed E-state index contributed by atoms with van der Waals surface area (Å²) in [4.78, 5) is 12.1. The molecular formula is C17H16BrN3O. The number of carbonyl (C=O) groups is 1. The maximum Gasteiger partial charge on any atom is 0.242 e. The van der Waals surface area contributed by atoms with Crippen molar-refractivity contribution < 1.29 is 4.79 Å². The number of nitrogens with one attached hydrogen (secondary N) is 1. The van der Waals surface area contributed by atoms with Gasteiger partial charge in [0.1, 0.15) is 6.54 Å². The number of aryl methyl sites for hydroxylation is 1. The van der Waals surface area contributed by atoms with Crippen LogP contribution in [0.2, 0.25) is 0 Å². The quantitative estimate of drug-likeness (QED) is 0.777. The Morgan fingerprint density at radius 1 is 1.27 bits per heavy atom. The second-order valence-corrected chi connectivity index (χ2v) is 6.09. The fourth-order valence-electron chi connectivity index (χ4n) is 2.33. The summed E-state index contributed by atoms with van der Waals surface area (Å²) >= 11 is 3.48. The molecule has 1 amide bonds. The molecule has 0 saturated carbocycles. The van der Waals surface area contributed by atoms with Crippen LogP contribution in [0.3, 0.4) is 0 Å². The molecule has 22 heavy (non-hydrogen) atoms. The molecule has 0 aliphatic heterocycles. The van der Waals surface area contributed by atoms with Crippen LogP contribution in [0.4, 0.5) is 0 Å². The van der Waals surface area contributed by atoms with Crippen molar-refractivity contribution in [2.24, 2.45) is 0 Å². The first kappa shape index (κ1) is 14.8. The molecule has 0 bridgehead atoms. The Kier molecular flexibility index (Phi) is 4.24. The Morgan fingerprint density at radius 2 is 2.09 bits per heavy atom. The van der Waals surface area contributed by atoms with Crippen LogP contribution in [0, 0.1) is 6.92 Å². The number of halogens is 1. The van der Waals surface area contributed by atoms with Gasteiger partial charge in [0.25, 0.3) is 0 Å². The van der Waals surface area contributed by atoms with Crippen molar-refractivity contribution in [3.05, 3.63) is 64.3 Å². The molecule has 3 aromatic rings. The third kappa shape index (κ3) is 3.20. The topological polar surface area (TPSA) is 46.9 Å². The van der Waals surface area contributed by atoms with E-state index in [-0.39, 0.29) is 12.5 Å². The molecule has 2 aromatic carbocycles. The van der Waals surface area contributed by atoms with Crippen molar-refractivity contribution in [1.29, 1.82) is 0 Å². The van der Waals surface area contributed by atoms with Gasteiger partial charge in [-0.05, 0) is 30.2 Å². The van der Waals surface area contributed by atoms with Crippen LogP contribution in [-0.4, -0.2) is 15.7 Å². The first-order valence-corrected chi connectivity index (χ1v) is 7.85. The normalized spacial score (nSPS) is 10.8. The van der Waals surface area contributed by atoms with E-state index in [9.17, 15) is 4.79 Å². The average molecular weight is 358 g/mol. The molecule has 1 N–H and O–H groups in total. The first-order chi connectivity index (χ1) is 10.6. The Bertz CT molecular complexity index is 826. The average Bonchev–Trinajstić information content (AvgIpc) is 2.89. The summed E-state index contributed by atoms with van der Waals surface area (Å²) in [5, 5.41) is 8.27. The Labute approximate surface area is 137 Å². The zero-order valence-corrected chi connectivity index (χ0v) is 13.8. The molecule has 0 aliphatic carbocycles. The third-order valence-electron chi connectivity index (χ3n) is 3.53. The van der Waals surface area contributed by atoms with E-state index < -0.39 is 0 Å². The summed E-state index contributed by atoms with van der Waals surface area (Å²) in [5.74, 6) is -0.0535. The Balaban J connectivity index is 1.68. The van der Waals surface area contributed by atoms with E-state index in [0.29, 0.717) is 6.54 Å². The minimum Gasteiger partial charge on any atom is -0.350 e. The van der Waals surface area contributed by atoms with Gasteiger partial charge in [0, 0.05) is 16.4 Å². The molecule has 4 nitrogen and oxygen atoms in total. The number of amides is 1. The van der Waals surface area contributed by atoms with Crippen LogP contribution < -0.4 is 5.32 Å². The van der Waals surface area contributed by atoms with Crippen LogP contribution >= 0.6 is 15.9 Å². The Hall–Kier alpha value is -2.14. The predicted octanol–water partition coefficient (Wildman–Crippen LogP) is 3.42. The number of benzene rings is 2. The fourth-order valence-corrected chi connectivity index (χ4v) is 2.76. The summed E-state index contributed by atoms with van der Waals surface area (Å²) in [6.07, 6.45) is 1.79. The maximum atomic E-state index is 12.1. The third-order valence-corrected chi connectivity index (χ3v) is 4.30. The van der Waals surface area contributed by atoms with Crippen LogP contribution in [0.25, 0.3) is 10.9 Å². The number of carbonyl (C=O) groups excluding carboxylic acids is 1. The predicted molar refractivity (Wildman–Crippen MR) is 90.5 cm³/mol. The largest absolute Gasteiger partial charge is 0.350 e. The van der Waals surface area contributed by atoms with Crippen molar-refractivity contribution in [2.75, 3.05) is 0 Å². The highest BCUT2D eigenvalue weighted by Crippen LogP contribution is 2.16. The zero-order valence-electron chi connectivity index (χ0n) is 12.2. The molecule has 1 aromatic heterocycles. The van der Waals surface area contributed by atoms with Gasteiger partial charge in [0.05, 0.1) is 11.7 Å². The monoisotopic (exact) mass is 357 g/mol. The minimum atomic E-state index is -0.0535. The summed E-state index contributed by atoms with van der Waals surface area (Å²) < 4.78 is 2.73. The van der Waals surface area contributed by atoms with Crippen LogP contribution in [0.1, 0.15) is 11.1 Å². The standard InChI is InChI=1S/C17H16BrN3O/c1-12-6-7-14-10-20-21(16(14)8-12)11-17(22)19-9-13-4-2-3-5-15(13)18/h2-8,10H,9,11H2,1H3,(H,19,22). The van der Waals surface area contributed by atoms with E-state index >= 15 is 0 Å². The molecule has 1 heterocycles. The van der Waals surface area contributed by atoms with Gasteiger partial charge in [-0.25, -0.2) is 0 Å². The summed E-state index contributed by atoms with van der Waals surface area (Å²) in [5.41, 5.74) is 3.19. The van der Waals surface area contributed by atoms with E-state index in [2.05, 4.69) is 26.3 Å². The zero-order chi connectivity index (χ0) is 15.5. The summed E-state index contributed by atoms with van der Waals surface area (Å²) in [7, 11) is 0. The van der Waals surface area contributed by atoms with E-state index in [1.54, 1.807) is 10.9 Å². The van der Waals surface area contributed by atoms with E-state index in [4.69, 9.17) is 0 Å². The van der Waals surface area contributed by atoms with Gasteiger partial charge < -0.3 is 5.32 Å². The number of fused-ring (bicyclic) bond motifs is 1. The van der Waals surface area contributed by atoms with E-state index in [1.165, 1.54) is 0 Å². The molecule has 112 valence electrons. The number of aromatic nitrogens is 2. The molecule has 0 fully saturated rings. The van der Waals surface area contributed by atoms with Crippen LogP contribution in [0.15, 0.2) is 53.1 Å². The van der Waals surface area contributed by atoms with Crippen molar-refractivity contribution in [3.63, 3.8) is 0 Å². The van der Waals surface area contributed by atoms with Gasteiger partial charge >= 0.3 is 0 Å². The van der Waals surface area contributed by atoms with Gasteiger partial charge in [-0.15, -0.1) is 0 Å². The van der Waals surface area contributed by atoms with Crippen molar-refractivity contribution in [2.45, 2.75) is 20.0 Å². The first-order valence-electron chi connectivity index (χ1n) is 7.06. The molecule has 0 unspecified atom stereocenters. The van der Waals surface area contributed by atoms with Crippen molar-refractivity contribution in [3.8, 4) is 0 Å². The van der Waals surface area contributed by atoms with E-state index in [0.717, 1.165) is 26.5 Å². The second-order valence-electron chi connectivity index (χ2n) is 5.23. The molecule has 0 radical (unpaired) electrons. The summed E-state index contributed by atoms with van der Waals surface area (Å²) in [6.45, 7) is 2.75. The lowest BCUT2D eigenvalue weighted by atomic mass is 10.2. The highest BCUT2D eigenvalue weighted by Gasteiger charge is 2.08. The molecule has 0 aliphatic rings. The highest BCUT2D eigenvalue weighted by atomic mass is 79.9. The maximum absolute atomic E-state index is 12.1. The van der Waals surface area contributed by atoms with Gasteiger partial charge in [0.2, 0.25) is 5.91 Å². The van der Waals surface area contributed by atoms with Gasteiger partial charge in [-0.1, -0.05) is 46.3 Å². The van der Waals surface area contributed by atoms with Crippen LogP contribution in [0.5, 0.6) is 0 Å². The lowest BCUT2D eigenvalue weighted by molar-refractivity contribution is -0.121. The highest BCUT2D eigenvalue weighted by molar-refractivity contribution is 9.10. The second kappa shape index (κ2) is 6.32. The molecule has 0 atom stereocenters. The summed E-state index contributed by atoms with van der Waals surface area (Å²) in [6, 6.07) is 14.0. The van der Waals surface area contributed by atoms with Crippen molar-refractivity contribution in [1.82, 2.24) is 15.1 Å².